The molecule has 0 aromatic carbocycles. The Balaban J connectivity index is 0. The predicted octanol–water partition coefficient (Wildman–Crippen LogP) is -0.888. The molecule has 0 amide bonds. The van der Waals surface area contributed by atoms with E-state index >= 15 is 0 Å². The molecule has 0 heterocycles. The van der Waals surface area contributed by atoms with Crippen LogP contribution in [0.1, 0.15) is 6.92 Å². The molecule has 0 fully saturated rings. The van der Waals surface area contributed by atoms with Crippen molar-refractivity contribution in [2.45, 2.75) is 6.92 Å². The standard InChI is InChI=1S/C8H16O5.C2H6O2/c1-2-11-3-4-12-5-6-13-7-8(9)10;3-1-2-4/h2-7H2,1H3,(H,9,10);3-4H,1-2H2. The molecular formula is C10H22O7. The number of carbonyl (C=O) groups is 1. The van der Waals surface area contributed by atoms with Gasteiger partial charge in [0.2, 0.25) is 0 Å². The quantitative estimate of drug-likeness (QED) is 0.434. The molecule has 104 valence electrons. The van der Waals surface area contributed by atoms with E-state index in [4.69, 9.17) is 29.5 Å². The van der Waals surface area contributed by atoms with Crippen LogP contribution in [-0.2, 0) is 19.0 Å². The van der Waals surface area contributed by atoms with Gasteiger partial charge in [0.05, 0.1) is 39.6 Å². The van der Waals surface area contributed by atoms with Crippen molar-refractivity contribution >= 4 is 5.97 Å². The van der Waals surface area contributed by atoms with E-state index in [2.05, 4.69) is 0 Å². The summed E-state index contributed by atoms with van der Waals surface area (Å²) in [7, 11) is 0. The first kappa shape index (κ1) is 18.6. The van der Waals surface area contributed by atoms with Crippen molar-refractivity contribution in [1.82, 2.24) is 0 Å². The molecule has 0 saturated carbocycles. The van der Waals surface area contributed by atoms with Crippen molar-refractivity contribution in [3.8, 4) is 0 Å². The molecule has 7 nitrogen and oxygen atoms in total. The summed E-state index contributed by atoms with van der Waals surface area (Å²) in [5.41, 5.74) is 0. The van der Waals surface area contributed by atoms with Crippen LogP contribution in [0.25, 0.3) is 0 Å². The molecule has 0 unspecified atom stereocenters. The summed E-state index contributed by atoms with van der Waals surface area (Å²) < 4.78 is 14.8. The molecule has 0 spiro atoms. The third-order valence-corrected chi connectivity index (χ3v) is 1.27. The van der Waals surface area contributed by atoms with Crippen molar-refractivity contribution in [3.63, 3.8) is 0 Å². The lowest BCUT2D eigenvalue weighted by atomic mass is 10.7. The molecule has 3 N–H and O–H groups in total. The Morgan fingerprint density at radius 3 is 1.82 bits per heavy atom. The number of rotatable bonds is 10. The lowest BCUT2D eigenvalue weighted by Crippen LogP contribution is -2.13. The Bertz CT molecular complexity index is 150. The second kappa shape index (κ2) is 17.7. The van der Waals surface area contributed by atoms with Crippen LogP contribution in [0.15, 0.2) is 0 Å². The fraction of sp³-hybridized carbons (Fsp3) is 0.900. The van der Waals surface area contributed by atoms with Crippen molar-refractivity contribution in [1.29, 1.82) is 0 Å². The Morgan fingerprint density at radius 2 is 1.41 bits per heavy atom. The minimum absolute atomic E-state index is 0.125. The molecule has 0 aliphatic carbocycles. The normalized spacial score (nSPS) is 9.59. The monoisotopic (exact) mass is 254 g/mol. The minimum atomic E-state index is -0.964. The maximum atomic E-state index is 9.99. The summed E-state index contributed by atoms with van der Waals surface area (Å²) >= 11 is 0. The number of hydrogen-bond acceptors (Lipinski definition) is 6. The molecular weight excluding hydrogens is 232 g/mol. The van der Waals surface area contributed by atoms with Crippen LogP contribution in [0, 0.1) is 0 Å². The summed E-state index contributed by atoms with van der Waals surface area (Å²) in [5, 5.41) is 23.5. The minimum Gasteiger partial charge on any atom is -0.480 e. The molecule has 17 heavy (non-hydrogen) atoms. The topological polar surface area (TPSA) is 105 Å². The zero-order valence-electron chi connectivity index (χ0n) is 10.1. The van der Waals surface area contributed by atoms with Crippen LogP contribution in [0.2, 0.25) is 0 Å². The van der Waals surface area contributed by atoms with E-state index in [0.717, 1.165) is 0 Å². The predicted molar refractivity (Wildman–Crippen MR) is 59.9 cm³/mol. The van der Waals surface area contributed by atoms with Gasteiger partial charge in [-0.1, -0.05) is 0 Å². The second-order valence-corrected chi connectivity index (χ2v) is 2.70. The molecule has 0 atom stereocenters. The highest BCUT2D eigenvalue weighted by atomic mass is 16.5. The Kier molecular flexibility index (Phi) is 19.4. The molecule has 0 aliphatic heterocycles. The van der Waals surface area contributed by atoms with E-state index in [1.807, 2.05) is 6.92 Å². The number of hydrogen-bond donors (Lipinski definition) is 3. The number of carboxylic acids is 1. The van der Waals surface area contributed by atoms with E-state index in [-0.39, 0.29) is 19.8 Å². The average Bonchev–Trinajstić information content (AvgIpc) is 2.32. The van der Waals surface area contributed by atoms with E-state index < -0.39 is 5.97 Å². The summed E-state index contributed by atoms with van der Waals surface area (Å²) in [6.07, 6.45) is 0. The molecule has 0 aromatic heterocycles. The third kappa shape index (κ3) is 25.5. The molecule has 0 radical (unpaired) electrons. The van der Waals surface area contributed by atoms with Gasteiger partial charge in [0.25, 0.3) is 0 Å². The summed E-state index contributed by atoms with van der Waals surface area (Å²) in [5.74, 6) is -0.964. The fourth-order valence-corrected chi connectivity index (χ4v) is 0.642. The van der Waals surface area contributed by atoms with E-state index in [1.54, 1.807) is 0 Å². The fourth-order valence-electron chi connectivity index (χ4n) is 0.642. The van der Waals surface area contributed by atoms with Crippen LogP contribution in [-0.4, -0.2) is 74.1 Å². The van der Waals surface area contributed by atoms with Gasteiger partial charge >= 0.3 is 5.97 Å². The lowest BCUT2D eigenvalue weighted by Gasteiger charge is -2.03. The van der Waals surface area contributed by atoms with Crippen molar-refractivity contribution < 1.29 is 34.3 Å². The van der Waals surface area contributed by atoms with Gasteiger partial charge in [-0.05, 0) is 6.92 Å². The molecule has 0 saturated heterocycles. The number of aliphatic hydroxyl groups excluding tert-OH is 2. The first-order chi connectivity index (χ1) is 8.18. The highest BCUT2D eigenvalue weighted by Crippen LogP contribution is 1.80. The van der Waals surface area contributed by atoms with E-state index in [9.17, 15) is 4.79 Å². The number of aliphatic hydroxyl groups is 2. The van der Waals surface area contributed by atoms with Crippen LogP contribution >= 0.6 is 0 Å². The highest BCUT2D eigenvalue weighted by molar-refractivity contribution is 5.67. The SMILES string of the molecule is CCOCCOCCOCC(=O)O.OCCO. The van der Waals surface area contributed by atoms with Crippen LogP contribution in [0.4, 0.5) is 0 Å². The zero-order valence-corrected chi connectivity index (χ0v) is 10.1. The maximum Gasteiger partial charge on any atom is 0.329 e. The summed E-state index contributed by atoms with van der Waals surface area (Å²) in [4.78, 5) is 9.99. The molecule has 0 aliphatic rings. The number of carboxylic acid groups (broad SMARTS) is 1. The second-order valence-electron chi connectivity index (χ2n) is 2.70. The zero-order chi connectivity index (χ0) is 13.4. The smallest absolute Gasteiger partial charge is 0.329 e. The van der Waals surface area contributed by atoms with Crippen LogP contribution < -0.4 is 0 Å². The number of ether oxygens (including phenoxy) is 3. The Labute approximate surface area is 101 Å². The average molecular weight is 254 g/mol. The van der Waals surface area contributed by atoms with Crippen molar-refractivity contribution in [2.75, 3.05) is 52.9 Å². The largest absolute Gasteiger partial charge is 0.480 e. The molecule has 0 bridgehead atoms. The first-order valence-electron chi connectivity index (χ1n) is 5.35. The Hall–Kier alpha value is -0.730. The van der Waals surface area contributed by atoms with Gasteiger partial charge in [0.15, 0.2) is 0 Å². The van der Waals surface area contributed by atoms with Gasteiger partial charge in [-0.2, -0.15) is 0 Å². The number of aliphatic carboxylic acids is 1. The summed E-state index contributed by atoms with van der Waals surface area (Å²) in [6.45, 7) is 3.86. The van der Waals surface area contributed by atoms with Crippen molar-refractivity contribution in [3.05, 3.63) is 0 Å². The van der Waals surface area contributed by atoms with Gasteiger partial charge in [-0.3, -0.25) is 0 Å². The van der Waals surface area contributed by atoms with Gasteiger partial charge in [-0.15, -0.1) is 0 Å². The van der Waals surface area contributed by atoms with E-state index in [1.165, 1.54) is 0 Å². The van der Waals surface area contributed by atoms with Crippen molar-refractivity contribution in [2.24, 2.45) is 0 Å². The van der Waals surface area contributed by atoms with Crippen LogP contribution in [0.5, 0.6) is 0 Å². The molecule has 7 heteroatoms. The first-order valence-corrected chi connectivity index (χ1v) is 5.35. The lowest BCUT2D eigenvalue weighted by molar-refractivity contribution is -0.142. The van der Waals surface area contributed by atoms with Gasteiger partial charge in [0, 0.05) is 6.61 Å². The maximum absolute atomic E-state index is 9.99. The van der Waals surface area contributed by atoms with E-state index in [0.29, 0.717) is 33.0 Å². The molecule has 0 rings (SSSR count). The molecule has 0 aromatic rings. The van der Waals surface area contributed by atoms with Gasteiger partial charge in [-0.25, -0.2) is 4.79 Å². The summed E-state index contributed by atoms with van der Waals surface area (Å²) in [6, 6.07) is 0. The van der Waals surface area contributed by atoms with Gasteiger partial charge < -0.3 is 29.5 Å². The third-order valence-electron chi connectivity index (χ3n) is 1.27. The highest BCUT2D eigenvalue weighted by Gasteiger charge is 1.95. The van der Waals surface area contributed by atoms with Gasteiger partial charge in [0.1, 0.15) is 6.61 Å². The van der Waals surface area contributed by atoms with Crippen LogP contribution in [0.3, 0.4) is 0 Å². The Morgan fingerprint density at radius 1 is 0.941 bits per heavy atom.